The van der Waals surface area contributed by atoms with E-state index in [4.69, 9.17) is 5.73 Å². The van der Waals surface area contributed by atoms with E-state index in [9.17, 15) is 4.79 Å². The zero-order valence-corrected chi connectivity index (χ0v) is 11.4. The van der Waals surface area contributed by atoms with Crippen molar-refractivity contribution in [2.24, 2.45) is 0 Å². The molecule has 0 unspecified atom stereocenters. The van der Waals surface area contributed by atoms with Crippen molar-refractivity contribution in [1.82, 2.24) is 9.59 Å². The highest BCUT2D eigenvalue weighted by molar-refractivity contribution is 7.08. The summed E-state index contributed by atoms with van der Waals surface area (Å²) in [5, 5.41) is 4.00. The minimum atomic E-state index is -0.0384. The topological polar surface area (TPSA) is 72.1 Å². The number of anilines is 2. The van der Waals surface area contributed by atoms with Crippen LogP contribution in [-0.2, 0) is 12.8 Å². The number of amides is 1. The molecule has 2 aromatic rings. The molecular weight excluding hydrogens is 260 g/mol. The molecule has 19 heavy (non-hydrogen) atoms. The van der Waals surface area contributed by atoms with Crippen molar-refractivity contribution in [2.45, 2.75) is 19.8 Å². The van der Waals surface area contributed by atoms with Crippen LogP contribution in [0.4, 0.5) is 11.4 Å². The van der Waals surface area contributed by atoms with Crippen LogP contribution in [0.1, 0.15) is 27.9 Å². The number of hydrogen-bond acceptors (Lipinski definition) is 5. The summed E-state index contributed by atoms with van der Waals surface area (Å²) < 4.78 is 3.88. The maximum absolute atomic E-state index is 12.6. The second-order valence-corrected chi connectivity index (χ2v) is 5.22. The predicted molar refractivity (Wildman–Crippen MR) is 75.5 cm³/mol. The molecule has 6 heteroatoms. The van der Waals surface area contributed by atoms with E-state index in [2.05, 4.69) is 9.59 Å². The van der Waals surface area contributed by atoms with Crippen LogP contribution >= 0.6 is 11.5 Å². The molecule has 0 spiro atoms. The quantitative estimate of drug-likeness (QED) is 0.849. The number of para-hydroxylation sites is 1. The molecule has 0 atom stereocenters. The van der Waals surface area contributed by atoms with Gasteiger partial charge in [-0.3, -0.25) is 4.79 Å². The number of fused-ring (bicyclic) bond motifs is 1. The molecule has 0 saturated carbocycles. The minimum absolute atomic E-state index is 0.0384. The Morgan fingerprint density at radius 2 is 2.37 bits per heavy atom. The number of aryl methyl sites for hydroxylation is 1. The second-order valence-electron chi connectivity index (χ2n) is 4.46. The normalized spacial score (nSPS) is 13.6. The third kappa shape index (κ3) is 1.88. The lowest BCUT2D eigenvalue weighted by Crippen LogP contribution is -2.29. The lowest BCUT2D eigenvalue weighted by atomic mass is 10.1. The van der Waals surface area contributed by atoms with E-state index in [0.717, 1.165) is 34.9 Å². The molecule has 0 fully saturated rings. The van der Waals surface area contributed by atoms with E-state index < -0.39 is 0 Å². The average Bonchev–Trinajstić information content (AvgIpc) is 3.05. The van der Waals surface area contributed by atoms with E-state index in [0.29, 0.717) is 23.5 Å². The SMILES string of the molecule is CCc1nnsc1C(=O)N1CCc2cccc(N)c21. The fraction of sp³-hybridized carbons (Fsp3) is 0.308. The molecule has 3 rings (SSSR count). The molecule has 1 aromatic carbocycles. The Labute approximate surface area is 115 Å². The van der Waals surface area contributed by atoms with Gasteiger partial charge in [-0.15, -0.1) is 5.10 Å². The van der Waals surface area contributed by atoms with Crippen LogP contribution in [0.2, 0.25) is 0 Å². The van der Waals surface area contributed by atoms with Gasteiger partial charge in [-0.25, -0.2) is 0 Å². The summed E-state index contributed by atoms with van der Waals surface area (Å²) in [5.74, 6) is -0.0384. The number of carbonyl (C=O) groups is 1. The molecular formula is C13H14N4OS. The van der Waals surface area contributed by atoms with E-state index in [1.165, 1.54) is 0 Å². The standard InChI is InChI=1S/C13H14N4OS/c1-2-10-12(19-16-15-10)13(18)17-7-6-8-4-3-5-9(14)11(8)17/h3-5H,2,6-7,14H2,1H3. The maximum atomic E-state index is 12.6. The van der Waals surface area contributed by atoms with Crippen LogP contribution < -0.4 is 10.6 Å². The monoisotopic (exact) mass is 274 g/mol. The van der Waals surface area contributed by atoms with Crippen molar-refractivity contribution >= 4 is 28.8 Å². The molecule has 5 nitrogen and oxygen atoms in total. The summed E-state index contributed by atoms with van der Waals surface area (Å²) in [4.78, 5) is 15.0. The summed E-state index contributed by atoms with van der Waals surface area (Å²) >= 11 is 1.16. The number of nitrogen functional groups attached to an aromatic ring is 1. The maximum Gasteiger partial charge on any atom is 0.272 e. The van der Waals surface area contributed by atoms with Gasteiger partial charge in [-0.2, -0.15) is 0 Å². The van der Waals surface area contributed by atoms with Crippen molar-refractivity contribution in [2.75, 3.05) is 17.2 Å². The summed E-state index contributed by atoms with van der Waals surface area (Å²) in [6.45, 7) is 2.64. The van der Waals surface area contributed by atoms with Crippen LogP contribution in [0.25, 0.3) is 0 Å². The molecule has 0 bridgehead atoms. The van der Waals surface area contributed by atoms with Gasteiger partial charge in [0, 0.05) is 6.54 Å². The molecule has 0 aliphatic carbocycles. The Kier molecular flexibility index (Phi) is 2.94. The Morgan fingerprint density at radius 3 is 3.16 bits per heavy atom. The Balaban J connectivity index is 2.00. The first-order chi connectivity index (χ1) is 9.22. The van der Waals surface area contributed by atoms with Gasteiger partial charge in [0.25, 0.3) is 5.91 Å². The first-order valence-corrected chi connectivity index (χ1v) is 7.00. The highest BCUT2D eigenvalue weighted by Gasteiger charge is 2.29. The highest BCUT2D eigenvalue weighted by atomic mass is 32.1. The summed E-state index contributed by atoms with van der Waals surface area (Å²) in [6, 6.07) is 5.77. The first-order valence-electron chi connectivity index (χ1n) is 6.22. The Morgan fingerprint density at radius 1 is 1.53 bits per heavy atom. The minimum Gasteiger partial charge on any atom is -0.397 e. The average molecular weight is 274 g/mol. The number of hydrogen-bond donors (Lipinski definition) is 1. The van der Waals surface area contributed by atoms with E-state index in [-0.39, 0.29) is 5.91 Å². The molecule has 1 aliphatic heterocycles. The number of carbonyl (C=O) groups excluding carboxylic acids is 1. The van der Waals surface area contributed by atoms with Gasteiger partial charge in [-0.05, 0) is 36.0 Å². The smallest absolute Gasteiger partial charge is 0.272 e. The van der Waals surface area contributed by atoms with E-state index in [1.54, 1.807) is 4.90 Å². The fourth-order valence-corrected chi connectivity index (χ4v) is 3.11. The lowest BCUT2D eigenvalue weighted by Gasteiger charge is -2.18. The molecule has 1 amide bonds. The molecule has 98 valence electrons. The van der Waals surface area contributed by atoms with Gasteiger partial charge < -0.3 is 10.6 Å². The van der Waals surface area contributed by atoms with Crippen molar-refractivity contribution in [3.63, 3.8) is 0 Å². The molecule has 1 aromatic heterocycles. The zero-order valence-electron chi connectivity index (χ0n) is 10.6. The van der Waals surface area contributed by atoms with E-state index in [1.807, 2.05) is 25.1 Å². The van der Waals surface area contributed by atoms with Crippen molar-refractivity contribution < 1.29 is 4.79 Å². The second kappa shape index (κ2) is 4.62. The third-order valence-electron chi connectivity index (χ3n) is 3.36. The molecule has 2 N–H and O–H groups in total. The van der Waals surface area contributed by atoms with Gasteiger partial charge in [0.1, 0.15) is 4.88 Å². The Bertz CT molecular complexity index is 637. The van der Waals surface area contributed by atoms with Crippen LogP contribution in [0.3, 0.4) is 0 Å². The number of aromatic nitrogens is 2. The van der Waals surface area contributed by atoms with Crippen molar-refractivity contribution in [1.29, 1.82) is 0 Å². The van der Waals surface area contributed by atoms with Crippen LogP contribution in [0.15, 0.2) is 18.2 Å². The number of rotatable bonds is 2. The number of nitrogens with zero attached hydrogens (tertiary/aromatic N) is 3. The lowest BCUT2D eigenvalue weighted by molar-refractivity contribution is 0.0992. The number of nitrogens with two attached hydrogens (primary N) is 1. The molecule has 0 saturated heterocycles. The predicted octanol–water partition coefficient (Wildman–Crippen LogP) is 1.89. The van der Waals surface area contributed by atoms with Gasteiger partial charge in [-0.1, -0.05) is 23.5 Å². The van der Waals surface area contributed by atoms with Gasteiger partial charge >= 0.3 is 0 Å². The zero-order chi connectivity index (χ0) is 13.4. The van der Waals surface area contributed by atoms with Crippen LogP contribution in [-0.4, -0.2) is 22.0 Å². The first kappa shape index (κ1) is 12.1. The van der Waals surface area contributed by atoms with Crippen molar-refractivity contribution in [3.8, 4) is 0 Å². The molecule has 2 heterocycles. The van der Waals surface area contributed by atoms with E-state index >= 15 is 0 Å². The molecule has 0 radical (unpaired) electrons. The van der Waals surface area contributed by atoms with Crippen LogP contribution in [0.5, 0.6) is 0 Å². The van der Waals surface area contributed by atoms with Gasteiger partial charge in [0.05, 0.1) is 17.1 Å². The molecule has 1 aliphatic rings. The third-order valence-corrected chi connectivity index (χ3v) is 4.11. The van der Waals surface area contributed by atoms with Gasteiger partial charge in [0.15, 0.2) is 0 Å². The summed E-state index contributed by atoms with van der Waals surface area (Å²) in [7, 11) is 0. The highest BCUT2D eigenvalue weighted by Crippen LogP contribution is 2.35. The van der Waals surface area contributed by atoms with Gasteiger partial charge in [0.2, 0.25) is 0 Å². The van der Waals surface area contributed by atoms with Crippen LogP contribution in [0, 0.1) is 0 Å². The van der Waals surface area contributed by atoms with Crippen molar-refractivity contribution in [3.05, 3.63) is 34.3 Å². The largest absolute Gasteiger partial charge is 0.397 e. The Hall–Kier alpha value is -1.95. The summed E-state index contributed by atoms with van der Waals surface area (Å²) in [6.07, 6.45) is 1.56. The fourth-order valence-electron chi connectivity index (χ4n) is 2.41. The number of benzene rings is 1. The summed E-state index contributed by atoms with van der Waals surface area (Å²) in [5.41, 5.74) is 9.39.